The van der Waals surface area contributed by atoms with Crippen LogP contribution in [0.3, 0.4) is 0 Å². The molecule has 0 saturated carbocycles. The molecule has 0 aliphatic carbocycles. The minimum absolute atomic E-state index is 0.146. The van der Waals surface area contributed by atoms with Crippen LogP contribution in [0.1, 0.15) is 19.3 Å². The van der Waals surface area contributed by atoms with Gasteiger partial charge in [0.2, 0.25) is 11.2 Å². The van der Waals surface area contributed by atoms with Crippen LogP contribution in [-0.4, -0.2) is 45.0 Å². The highest BCUT2D eigenvalue weighted by Gasteiger charge is 2.06. The molecule has 8 heteroatoms. The molecule has 0 unspecified atom stereocenters. The molecule has 2 aromatic rings. The molecule has 7 nitrogen and oxygen atoms in total. The van der Waals surface area contributed by atoms with Crippen molar-refractivity contribution in [2.45, 2.75) is 19.3 Å². The molecule has 0 aromatic carbocycles. The molecule has 2 aromatic heterocycles. The normalized spacial score (nSPS) is 10.7. The van der Waals surface area contributed by atoms with Gasteiger partial charge in [0.15, 0.2) is 0 Å². The van der Waals surface area contributed by atoms with Gasteiger partial charge in [0.1, 0.15) is 0 Å². The van der Waals surface area contributed by atoms with Gasteiger partial charge in [-0.25, -0.2) is 4.68 Å². The van der Waals surface area contributed by atoms with E-state index in [4.69, 9.17) is 16.3 Å². The van der Waals surface area contributed by atoms with E-state index in [1.54, 1.807) is 25.6 Å². The van der Waals surface area contributed by atoms with Crippen molar-refractivity contribution < 1.29 is 4.74 Å². The topological polar surface area (TPSA) is 77.8 Å². The van der Waals surface area contributed by atoms with Crippen molar-refractivity contribution in [1.82, 2.24) is 24.7 Å². The Morgan fingerprint density at radius 1 is 1.25 bits per heavy atom. The Labute approximate surface area is 122 Å². The number of anilines is 1. The summed E-state index contributed by atoms with van der Waals surface area (Å²) < 4.78 is 6.54. The number of ether oxygens (including phenoxy) is 1. The molecule has 2 rings (SSSR count). The summed E-state index contributed by atoms with van der Waals surface area (Å²) in [7, 11) is 1.71. The van der Waals surface area contributed by atoms with Gasteiger partial charge in [0, 0.05) is 32.7 Å². The van der Waals surface area contributed by atoms with E-state index in [0.29, 0.717) is 11.9 Å². The Balaban J connectivity index is 1.88. The summed E-state index contributed by atoms with van der Waals surface area (Å²) in [4.78, 5) is 12.3. The molecule has 0 aliphatic rings. The highest BCUT2D eigenvalue weighted by atomic mass is 35.5. The molecule has 0 fully saturated rings. The number of hydrogen-bond acceptors (Lipinski definition) is 6. The number of nitrogens with one attached hydrogen (secondary N) is 1. The first-order valence-electron chi connectivity index (χ1n) is 6.44. The molecule has 2 heterocycles. The van der Waals surface area contributed by atoms with E-state index in [1.165, 1.54) is 4.68 Å². The molecule has 0 amide bonds. The van der Waals surface area contributed by atoms with Crippen LogP contribution in [0.4, 0.5) is 5.95 Å². The summed E-state index contributed by atoms with van der Waals surface area (Å²) >= 11 is 5.89. The van der Waals surface area contributed by atoms with Gasteiger partial charge in [-0.05, 0) is 36.9 Å². The monoisotopic (exact) mass is 296 g/mol. The van der Waals surface area contributed by atoms with Crippen molar-refractivity contribution in [3.8, 4) is 5.95 Å². The van der Waals surface area contributed by atoms with E-state index in [1.807, 2.05) is 0 Å². The molecule has 0 saturated heterocycles. The minimum Gasteiger partial charge on any atom is -0.385 e. The van der Waals surface area contributed by atoms with Crippen LogP contribution in [0, 0.1) is 0 Å². The Bertz CT molecular complexity index is 519. The first-order chi connectivity index (χ1) is 9.79. The summed E-state index contributed by atoms with van der Waals surface area (Å²) in [6, 6.07) is 1.79. The second-order valence-corrected chi connectivity index (χ2v) is 4.50. The van der Waals surface area contributed by atoms with Gasteiger partial charge >= 0.3 is 0 Å². The number of aromatic nitrogens is 5. The second-order valence-electron chi connectivity index (χ2n) is 4.16. The minimum atomic E-state index is 0.146. The second kappa shape index (κ2) is 7.76. The highest BCUT2D eigenvalue weighted by Crippen LogP contribution is 2.09. The smallest absolute Gasteiger partial charge is 0.256 e. The fourth-order valence-corrected chi connectivity index (χ4v) is 1.81. The van der Waals surface area contributed by atoms with Gasteiger partial charge in [0.25, 0.3) is 5.95 Å². The van der Waals surface area contributed by atoms with E-state index in [9.17, 15) is 0 Å². The zero-order valence-electron chi connectivity index (χ0n) is 11.3. The van der Waals surface area contributed by atoms with Crippen molar-refractivity contribution in [1.29, 1.82) is 0 Å². The van der Waals surface area contributed by atoms with Crippen LogP contribution in [0.2, 0.25) is 5.28 Å². The molecule has 1 N–H and O–H groups in total. The fraction of sp³-hybridized carbons (Fsp3) is 0.500. The first kappa shape index (κ1) is 14.7. The largest absolute Gasteiger partial charge is 0.385 e. The van der Waals surface area contributed by atoms with Gasteiger partial charge in [-0.3, -0.25) is 0 Å². The lowest BCUT2D eigenvalue weighted by atomic mass is 10.2. The van der Waals surface area contributed by atoms with E-state index >= 15 is 0 Å². The van der Waals surface area contributed by atoms with Crippen LogP contribution in [-0.2, 0) is 4.74 Å². The molecule has 0 radical (unpaired) electrons. The van der Waals surface area contributed by atoms with Crippen LogP contribution >= 0.6 is 11.6 Å². The third-order valence-corrected chi connectivity index (χ3v) is 2.78. The average Bonchev–Trinajstić information content (AvgIpc) is 2.96. The molecular formula is C12H17ClN6O. The predicted octanol–water partition coefficient (Wildman–Crippen LogP) is 1.94. The Hall–Kier alpha value is -1.73. The van der Waals surface area contributed by atoms with Gasteiger partial charge in [0.05, 0.1) is 0 Å². The van der Waals surface area contributed by atoms with Crippen LogP contribution < -0.4 is 5.32 Å². The maximum absolute atomic E-state index is 5.89. The molecule has 0 atom stereocenters. The zero-order chi connectivity index (χ0) is 14.2. The van der Waals surface area contributed by atoms with Crippen molar-refractivity contribution >= 4 is 17.5 Å². The molecule has 108 valence electrons. The molecule has 0 spiro atoms. The standard InChI is InChI=1S/C12H17ClN6O/c1-20-9-4-2-3-6-14-11-16-10(13)17-12(18-11)19-8-5-7-15-19/h5,7-8H,2-4,6,9H2,1H3,(H,14,16,17,18). The number of halogens is 1. The Morgan fingerprint density at radius 3 is 2.90 bits per heavy atom. The van der Waals surface area contributed by atoms with Gasteiger partial charge in [-0.15, -0.1) is 0 Å². The maximum atomic E-state index is 5.89. The predicted molar refractivity (Wildman–Crippen MR) is 76.2 cm³/mol. The summed E-state index contributed by atoms with van der Waals surface area (Å²) in [6.07, 6.45) is 6.56. The molecule has 20 heavy (non-hydrogen) atoms. The number of unbranched alkanes of at least 4 members (excludes halogenated alkanes) is 2. The zero-order valence-corrected chi connectivity index (χ0v) is 12.0. The SMILES string of the molecule is COCCCCCNc1nc(Cl)nc(-n2cccn2)n1. The summed E-state index contributed by atoms with van der Waals surface area (Å²) in [5.74, 6) is 0.860. The van der Waals surface area contributed by atoms with Crippen molar-refractivity contribution in [2.75, 3.05) is 25.6 Å². The van der Waals surface area contributed by atoms with Crippen molar-refractivity contribution in [3.05, 3.63) is 23.7 Å². The maximum Gasteiger partial charge on any atom is 0.256 e. The van der Waals surface area contributed by atoms with Gasteiger partial charge in [-0.2, -0.15) is 20.1 Å². The number of hydrogen-bond donors (Lipinski definition) is 1. The van der Waals surface area contributed by atoms with Crippen LogP contribution in [0.5, 0.6) is 0 Å². The van der Waals surface area contributed by atoms with Gasteiger partial charge < -0.3 is 10.1 Å². The number of rotatable bonds is 8. The van der Waals surface area contributed by atoms with Crippen LogP contribution in [0.25, 0.3) is 5.95 Å². The highest BCUT2D eigenvalue weighted by molar-refractivity contribution is 6.28. The van der Waals surface area contributed by atoms with E-state index in [2.05, 4.69) is 25.4 Å². The van der Waals surface area contributed by atoms with Crippen molar-refractivity contribution in [3.63, 3.8) is 0 Å². The Kier molecular flexibility index (Phi) is 5.69. The quantitative estimate of drug-likeness (QED) is 0.750. The van der Waals surface area contributed by atoms with Crippen molar-refractivity contribution in [2.24, 2.45) is 0 Å². The average molecular weight is 297 g/mol. The fourth-order valence-electron chi connectivity index (χ4n) is 1.66. The first-order valence-corrected chi connectivity index (χ1v) is 6.82. The summed E-state index contributed by atoms with van der Waals surface area (Å²) in [5.41, 5.74) is 0. The third kappa shape index (κ3) is 4.43. The number of nitrogens with zero attached hydrogens (tertiary/aromatic N) is 5. The van der Waals surface area contributed by atoms with Gasteiger partial charge in [-0.1, -0.05) is 0 Å². The Morgan fingerprint density at radius 2 is 2.15 bits per heavy atom. The van der Waals surface area contributed by atoms with E-state index < -0.39 is 0 Å². The molecule has 0 aliphatic heterocycles. The van der Waals surface area contributed by atoms with E-state index in [-0.39, 0.29) is 5.28 Å². The molecule has 0 bridgehead atoms. The summed E-state index contributed by atoms with van der Waals surface area (Å²) in [5, 5.41) is 7.34. The lowest BCUT2D eigenvalue weighted by Gasteiger charge is -2.06. The lowest BCUT2D eigenvalue weighted by molar-refractivity contribution is 0.192. The molecular weight excluding hydrogens is 280 g/mol. The van der Waals surface area contributed by atoms with E-state index in [0.717, 1.165) is 32.4 Å². The van der Waals surface area contributed by atoms with Crippen LogP contribution in [0.15, 0.2) is 18.5 Å². The third-order valence-electron chi connectivity index (χ3n) is 2.61. The number of methoxy groups -OCH3 is 1. The summed E-state index contributed by atoms with van der Waals surface area (Å²) in [6.45, 7) is 1.57. The lowest BCUT2D eigenvalue weighted by Crippen LogP contribution is -2.10.